The van der Waals surface area contributed by atoms with Crippen LogP contribution in [-0.2, 0) is 4.74 Å². The van der Waals surface area contributed by atoms with Crippen LogP contribution in [0, 0.1) is 11.8 Å². The Balaban J connectivity index is 1.57. The first-order valence-electron chi connectivity index (χ1n) is 6.76. The lowest BCUT2D eigenvalue weighted by Crippen LogP contribution is -2.23. The van der Waals surface area contributed by atoms with Crippen molar-refractivity contribution in [3.8, 4) is 0 Å². The third-order valence-electron chi connectivity index (χ3n) is 3.30. The maximum atomic E-state index is 5.38. The van der Waals surface area contributed by atoms with E-state index in [-0.39, 0.29) is 0 Å². The van der Waals surface area contributed by atoms with Crippen molar-refractivity contribution in [2.24, 2.45) is 16.8 Å². The summed E-state index contributed by atoms with van der Waals surface area (Å²) in [5.41, 5.74) is 0. The van der Waals surface area contributed by atoms with Crippen molar-refractivity contribution in [3.63, 3.8) is 0 Å². The Kier molecular flexibility index (Phi) is 5.16. The summed E-state index contributed by atoms with van der Waals surface area (Å²) in [6.07, 6.45) is 3.72. The standard InChI is InChI=1S/C13H24N2OS/c1-10(2)7-12-8-15-13(17-12)14-5-3-11-4-6-16-9-11/h10-12H,3-9H2,1-2H3,(H,14,15). The van der Waals surface area contributed by atoms with E-state index >= 15 is 0 Å². The largest absolute Gasteiger partial charge is 0.381 e. The van der Waals surface area contributed by atoms with Crippen LogP contribution in [0.2, 0.25) is 0 Å². The maximum Gasteiger partial charge on any atom is 0.156 e. The molecule has 17 heavy (non-hydrogen) atoms. The maximum absolute atomic E-state index is 5.38. The summed E-state index contributed by atoms with van der Waals surface area (Å²) in [5, 5.41) is 5.33. The molecule has 98 valence electrons. The first kappa shape index (κ1) is 13.2. The number of aliphatic imine (C=N–C) groups is 1. The van der Waals surface area contributed by atoms with Gasteiger partial charge in [-0.05, 0) is 31.1 Å². The van der Waals surface area contributed by atoms with Crippen molar-refractivity contribution in [2.45, 2.75) is 38.4 Å². The minimum atomic E-state index is 0.701. The van der Waals surface area contributed by atoms with Crippen LogP contribution >= 0.6 is 11.8 Å². The summed E-state index contributed by atoms with van der Waals surface area (Å²) in [6.45, 7) is 8.53. The second kappa shape index (κ2) is 6.64. The van der Waals surface area contributed by atoms with Crippen LogP contribution in [0.3, 0.4) is 0 Å². The topological polar surface area (TPSA) is 33.6 Å². The van der Waals surface area contributed by atoms with Crippen LogP contribution in [-0.4, -0.2) is 36.7 Å². The molecular weight excluding hydrogens is 232 g/mol. The van der Waals surface area contributed by atoms with Crippen LogP contribution in [0.15, 0.2) is 4.99 Å². The molecule has 3 nitrogen and oxygen atoms in total. The molecule has 4 heteroatoms. The van der Waals surface area contributed by atoms with Crippen molar-refractivity contribution in [3.05, 3.63) is 0 Å². The van der Waals surface area contributed by atoms with E-state index in [0.717, 1.165) is 43.3 Å². The quantitative estimate of drug-likeness (QED) is 0.820. The van der Waals surface area contributed by atoms with Crippen molar-refractivity contribution in [2.75, 3.05) is 26.3 Å². The van der Waals surface area contributed by atoms with Gasteiger partial charge in [0.05, 0.1) is 6.54 Å². The van der Waals surface area contributed by atoms with Crippen LogP contribution in [0.1, 0.15) is 33.1 Å². The first-order valence-corrected chi connectivity index (χ1v) is 7.64. The second-order valence-electron chi connectivity index (χ2n) is 5.46. The summed E-state index contributed by atoms with van der Waals surface area (Å²) < 4.78 is 5.38. The molecule has 2 atom stereocenters. The Labute approximate surface area is 109 Å². The van der Waals surface area contributed by atoms with Crippen LogP contribution < -0.4 is 5.32 Å². The van der Waals surface area contributed by atoms with E-state index in [2.05, 4.69) is 24.2 Å². The van der Waals surface area contributed by atoms with Crippen LogP contribution in [0.5, 0.6) is 0 Å². The molecule has 0 spiro atoms. The molecule has 0 aromatic carbocycles. The van der Waals surface area contributed by atoms with Crippen molar-refractivity contribution >= 4 is 16.9 Å². The normalized spacial score (nSPS) is 28.8. The van der Waals surface area contributed by atoms with Gasteiger partial charge in [-0.3, -0.25) is 4.99 Å². The fourth-order valence-corrected chi connectivity index (χ4v) is 3.64. The van der Waals surface area contributed by atoms with E-state index in [1.165, 1.54) is 19.3 Å². The molecule has 0 amide bonds. The van der Waals surface area contributed by atoms with Gasteiger partial charge < -0.3 is 10.1 Å². The highest BCUT2D eigenvalue weighted by molar-refractivity contribution is 8.14. The molecule has 2 aliphatic heterocycles. The smallest absolute Gasteiger partial charge is 0.156 e. The van der Waals surface area contributed by atoms with Crippen molar-refractivity contribution in [1.29, 1.82) is 0 Å². The highest BCUT2D eigenvalue weighted by Gasteiger charge is 2.21. The van der Waals surface area contributed by atoms with E-state index in [1.54, 1.807) is 0 Å². The number of nitrogens with zero attached hydrogens (tertiary/aromatic N) is 1. The lowest BCUT2D eigenvalue weighted by atomic mass is 10.1. The molecule has 2 unspecified atom stereocenters. The Morgan fingerprint density at radius 3 is 3.12 bits per heavy atom. The van der Waals surface area contributed by atoms with Gasteiger partial charge in [-0.15, -0.1) is 0 Å². The van der Waals surface area contributed by atoms with Gasteiger partial charge in [0.1, 0.15) is 0 Å². The fraction of sp³-hybridized carbons (Fsp3) is 0.923. The predicted molar refractivity (Wildman–Crippen MR) is 74.7 cm³/mol. The SMILES string of the molecule is CC(C)CC1CN=C(NCCC2CCOC2)S1. The number of rotatable bonds is 5. The van der Waals surface area contributed by atoms with Gasteiger partial charge in [0.15, 0.2) is 5.17 Å². The third-order valence-corrected chi connectivity index (χ3v) is 4.48. The number of hydrogen-bond acceptors (Lipinski definition) is 4. The molecule has 2 heterocycles. The molecule has 1 N–H and O–H groups in total. The molecule has 0 aliphatic carbocycles. The predicted octanol–water partition coefficient (Wildman–Crippen LogP) is 2.52. The van der Waals surface area contributed by atoms with Gasteiger partial charge in [-0.1, -0.05) is 25.6 Å². The molecule has 0 aromatic heterocycles. The summed E-state index contributed by atoms with van der Waals surface area (Å²) in [7, 11) is 0. The zero-order valence-corrected chi connectivity index (χ0v) is 11.8. The van der Waals surface area contributed by atoms with E-state index in [1.807, 2.05) is 11.8 Å². The summed E-state index contributed by atoms with van der Waals surface area (Å²) >= 11 is 1.93. The third kappa shape index (κ3) is 4.51. The second-order valence-corrected chi connectivity index (χ2v) is 6.75. The molecule has 2 rings (SSSR count). The zero-order chi connectivity index (χ0) is 12.1. The molecule has 0 radical (unpaired) electrons. The van der Waals surface area contributed by atoms with Gasteiger partial charge >= 0.3 is 0 Å². The highest BCUT2D eigenvalue weighted by atomic mass is 32.2. The number of ether oxygens (including phenoxy) is 1. The number of thioether (sulfide) groups is 1. The van der Waals surface area contributed by atoms with Crippen LogP contribution in [0.4, 0.5) is 0 Å². The lowest BCUT2D eigenvalue weighted by Gasteiger charge is -2.12. The van der Waals surface area contributed by atoms with Gasteiger partial charge in [-0.25, -0.2) is 0 Å². The molecular formula is C13H24N2OS. The number of hydrogen-bond donors (Lipinski definition) is 1. The summed E-state index contributed by atoms with van der Waals surface area (Å²) in [6, 6.07) is 0. The fourth-order valence-electron chi connectivity index (χ4n) is 2.36. The Bertz CT molecular complexity index is 262. The highest BCUT2D eigenvalue weighted by Crippen LogP contribution is 2.25. The average molecular weight is 256 g/mol. The summed E-state index contributed by atoms with van der Waals surface area (Å²) in [4.78, 5) is 4.57. The zero-order valence-electron chi connectivity index (χ0n) is 10.9. The molecule has 0 aromatic rings. The molecule has 1 fully saturated rings. The van der Waals surface area contributed by atoms with E-state index in [4.69, 9.17) is 4.74 Å². The molecule has 2 aliphatic rings. The Hall–Kier alpha value is -0.220. The molecule has 0 saturated carbocycles. The minimum Gasteiger partial charge on any atom is -0.381 e. The number of amidine groups is 1. The average Bonchev–Trinajstić information content (AvgIpc) is 2.89. The lowest BCUT2D eigenvalue weighted by molar-refractivity contribution is 0.184. The molecule has 0 bridgehead atoms. The monoisotopic (exact) mass is 256 g/mol. The van der Waals surface area contributed by atoms with Gasteiger partial charge in [-0.2, -0.15) is 0 Å². The Morgan fingerprint density at radius 1 is 1.53 bits per heavy atom. The van der Waals surface area contributed by atoms with E-state index < -0.39 is 0 Å². The van der Waals surface area contributed by atoms with Crippen molar-refractivity contribution in [1.82, 2.24) is 5.32 Å². The van der Waals surface area contributed by atoms with Gasteiger partial charge in [0, 0.05) is 25.0 Å². The summed E-state index contributed by atoms with van der Waals surface area (Å²) in [5.74, 6) is 1.54. The molecule has 1 saturated heterocycles. The minimum absolute atomic E-state index is 0.701. The van der Waals surface area contributed by atoms with Crippen LogP contribution in [0.25, 0.3) is 0 Å². The van der Waals surface area contributed by atoms with Crippen molar-refractivity contribution < 1.29 is 4.74 Å². The number of nitrogens with one attached hydrogen (secondary N) is 1. The first-order chi connectivity index (χ1) is 8.24. The van der Waals surface area contributed by atoms with E-state index in [9.17, 15) is 0 Å². The van der Waals surface area contributed by atoms with E-state index in [0.29, 0.717) is 5.25 Å². The van der Waals surface area contributed by atoms with Gasteiger partial charge in [0.25, 0.3) is 0 Å². The Morgan fingerprint density at radius 2 is 2.41 bits per heavy atom. The van der Waals surface area contributed by atoms with Gasteiger partial charge in [0.2, 0.25) is 0 Å².